The SMILES string of the molecule is Cc1cc(Br)ccc1C(=O)Nc1ccc(OCCC(N)=O)cc1. The van der Waals surface area contributed by atoms with Gasteiger partial charge in [0.1, 0.15) is 5.75 Å². The lowest BCUT2D eigenvalue weighted by Crippen LogP contribution is -2.14. The van der Waals surface area contributed by atoms with Gasteiger partial charge in [0.25, 0.3) is 5.91 Å². The van der Waals surface area contributed by atoms with Crippen molar-refractivity contribution in [2.75, 3.05) is 11.9 Å². The van der Waals surface area contributed by atoms with E-state index in [-0.39, 0.29) is 18.9 Å². The Morgan fingerprint density at radius 1 is 1.17 bits per heavy atom. The van der Waals surface area contributed by atoms with Crippen molar-refractivity contribution in [3.05, 3.63) is 58.1 Å². The number of rotatable bonds is 6. The second-order valence-corrected chi connectivity index (χ2v) is 5.92. The van der Waals surface area contributed by atoms with Crippen LogP contribution >= 0.6 is 15.9 Å². The second-order valence-electron chi connectivity index (χ2n) is 5.00. The lowest BCUT2D eigenvalue weighted by Gasteiger charge is -2.09. The van der Waals surface area contributed by atoms with Crippen molar-refractivity contribution < 1.29 is 14.3 Å². The van der Waals surface area contributed by atoms with Gasteiger partial charge < -0.3 is 15.8 Å². The molecule has 0 bridgehead atoms. The number of carbonyl (C=O) groups is 2. The number of hydrogen-bond donors (Lipinski definition) is 2. The molecule has 0 unspecified atom stereocenters. The molecule has 2 aromatic carbocycles. The van der Waals surface area contributed by atoms with E-state index in [0.29, 0.717) is 17.0 Å². The molecule has 5 nitrogen and oxygen atoms in total. The summed E-state index contributed by atoms with van der Waals surface area (Å²) in [6, 6.07) is 12.4. The van der Waals surface area contributed by atoms with Gasteiger partial charge >= 0.3 is 0 Å². The molecule has 0 aliphatic carbocycles. The molecule has 0 aliphatic rings. The van der Waals surface area contributed by atoms with Crippen molar-refractivity contribution in [1.29, 1.82) is 0 Å². The molecular weight excluding hydrogens is 360 g/mol. The van der Waals surface area contributed by atoms with Crippen LogP contribution in [0.15, 0.2) is 46.9 Å². The molecule has 2 aromatic rings. The molecule has 23 heavy (non-hydrogen) atoms. The van der Waals surface area contributed by atoms with Crippen LogP contribution in [0.2, 0.25) is 0 Å². The Hall–Kier alpha value is -2.34. The minimum Gasteiger partial charge on any atom is -0.493 e. The van der Waals surface area contributed by atoms with Crippen molar-refractivity contribution in [2.45, 2.75) is 13.3 Å². The maximum atomic E-state index is 12.3. The Morgan fingerprint density at radius 3 is 2.48 bits per heavy atom. The molecule has 0 heterocycles. The van der Waals surface area contributed by atoms with E-state index >= 15 is 0 Å². The van der Waals surface area contributed by atoms with E-state index in [1.807, 2.05) is 19.1 Å². The Bertz CT molecular complexity index is 714. The average molecular weight is 377 g/mol. The molecule has 0 saturated heterocycles. The zero-order valence-corrected chi connectivity index (χ0v) is 14.2. The predicted octanol–water partition coefficient (Wildman–Crippen LogP) is 3.26. The first-order valence-corrected chi connectivity index (χ1v) is 7.83. The highest BCUT2D eigenvalue weighted by Gasteiger charge is 2.09. The molecule has 0 aliphatic heterocycles. The molecule has 120 valence electrons. The molecule has 0 atom stereocenters. The predicted molar refractivity (Wildman–Crippen MR) is 92.6 cm³/mol. The molecule has 2 rings (SSSR count). The maximum absolute atomic E-state index is 12.3. The summed E-state index contributed by atoms with van der Waals surface area (Å²) in [6.07, 6.45) is 0.168. The summed E-state index contributed by atoms with van der Waals surface area (Å²) >= 11 is 3.38. The van der Waals surface area contributed by atoms with E-state index in [4.69, 9.17) is 10.5 Å². The van der Waals surface area contributed by atoms with Crippen molar-refractivity contribution >= 4 is 33.4 Å². The van der Waals surface area contributed by atoms with Gasteiger partial charge in [0.15, 0.2) is 0 Å². The smallest absolute Gasteiger partial charge is 0.255 e. The zero-order valence-electron chi connectivity index (χ0n) is 12.6. The van der Waals surface area contributed by atoms with Crippen LogP contribution in [0.3, 0.4) is 0 Å². The molecule has 0 radical (unpaired) electrons. The maximum Gasteiger partial charge on any atom is 0.255 e. The van der Waals surface area contributed by atoms with Crippen LogP contribution in [-0.4, -0.2) is 18.4 Å². The van der Waals surface area contributed by atoms with Crippen LogP contribution in [0, 0.1) is 6.92 Å². The third-order valence-electron chi connectivity index (χ3n) is 3.16. The normalized spacial score (nSPS) is 10.2. The fourth-order valence-corrected chi connectivity index (χ4v) is 2.46. The van der Waals surface area contributed by atoms with E-state index in [1.165, 1.54) is 0 Å². The number of hydrogen-bond acceptors (Lipinski definition) is 3. The fraction of sp³-hybridized carbons (Fsp3) is 0.176. The minimum absolute atomic E-state index is 0.168. The number of anilines is 1. The topological polar surface area (TPSA) is 81.4 Å². The molecule has 0 saturated carbocycles. The van der Waals surface area contributed by atoms with E-state index in [2.05, 4.69) is 21.2 Å². The number of nitrogens with one attached hydrogen (secondary N) is 1. The van der Waals surface area contributed by atoms with E-state index in [0.717, 1.165) is 10.0 Å². The van der Waals surface area contributed by atoms with E-state index < -0.39 is 5.91 Å². The average Bonchev–Trinajstić information content (AvgIpc) is 2.48. The van der Waals surface area contributed by atoms with Crippen LogP contribution in [0.25, 0.3) is 0 Å². The van der Waals surface area contributed by atoms with Gasteiger partial charge in [0.2, 0.25) is 5.91 Å². The Morgan fingerprint density at radius 2 is 1.87 bits per heavy atom. The summed E-state index contributed by atoms with van der Waals surface area (Å²) in [4.78, 5) is 22.9. The number of aryl methyl sites for hydroxylation is 1. The van der Waals surface area contributed by atoms with Crippen LogP contribution in [0.5, 0.6) is 5.75 Å². The standard InChI is InChI=1S/C17H17BrN2O3/c1-11-10-12(18)2-7-15(11)17(22)20-13-3-5-14(6-4-13)23-9-8-16(19)21/h2-7,10H,8-9H2,1H3,(H2,19,21)(H,20,22). The Balaban J connectivity index is 1.97. The summed E-state index contributed by atoms with van der Waals surface area (Å²) < 4.78 is 6.31. The summed E-state index contributed by atoms with van der Waals surface area (Å²) in [7, 11) is 0. The minimum atomic E-state index is -0.404. The van der Waals surface area contributed by atoms with Gasteiger partial charge in [-0.05, 0) is 55.0 Å². The molecule has 3 N–H and O–H groups in total. The summed E-state index contributed by atoms with van der Waals surface area (Å²) in [5.74, 6) is 0.0419. The first-order chi connectivity index (χ1) is 11.0. The first-order valence-electron chi connectivity index (χ1n) is 7.04. The molecule has 6 heteroatoms. The van der Waals surface area contributed by atoms with Crippen LogP contribution in [-0.2, 0) is 4.79 Å². The van der Waals surface area contributed by atoms with Gasteiger partial charge in [0.05, 0.1) is 13.0 Å². The number of halogens is 1. The number of benzene rings is 2. The quantitative estimate of drug-likeness (QED) is 0.811. The summed E-state index contributed by atoms with van der Waals surface area (Å²) in [5.41, 5.74) is 7.22. The first kappa shape index (κ1) is 17.0. The number of carbonyl (C=O) groups excluding carboxylic acids is 2. The largest absolute Gasteiger partial charge is 0.493 e. The highest BCUT2D eigenvalue weighted by Crippen LogP contribution is 2.19. The number of ether oxygens (including phenoxy) is 1. The van der Waals surface area contributed by atoms with Gasteiger partial charge in [-0.1, -0.05) is 15.9 Å². The molecular formula is C17H17BrN2O3. The number of amides is 2. The van der Waals surface area contributed by atoms with Gasteiger partial charge in [-0.15, -0.1) is 0 Å². The molecule has 0 fully saturated rings. The third-order valence-corrected chi connectivity index (χ3v) is 3.66. The number of nitrogens with two attached hydrogens (primary N) is 1. The molecule has 2 amide bonds. The monoisotopic (exact) mass is 376 g/mol. The number of primary amides is 1. The van der Waals surface area contributed by atoms with Gasteiger partial charge in [-0.2, -0.15) is 0 Å². The van der Waals surface area contributed by atoms with Crippen molar-refractivity contribution in [2.24, 2.45) is 5.73 Å². The fourth-order valence-electron chi connectivity index (χ4n) is 1.98. The third kappa shape index (κ3) is 5.10. The van der Waals surface area contributed by atoms with Crippen molar-refractivity contribution in [1.82, 2.24) is 0 Å². The Kier molecular flexibility index (Phi) is 5.76. The van der Waals surface area contributed by atoms with Crippen LogP contribution in [0.1, 0.15) is 22.3 Å². The highest BCUT2D eigenvalue weighted by atomic mass is 79.9. The van der Waals surface area contributed by atoms with E-state index in [9.17, 15) is 9.59 Å². The van der Waals surface area contributed by atoms with Gasteiger partial charge in [-0.3, -0.25) is 9.59 Å². The van der Waals surface area contributed by atoms with Crippen molar-refractivity contribution in [3.8, 4) is 5.75 Å². The lowest BCUT2D eigenvalue weighted by molar-refractivity contribution is -0.118. The van der Waals surface area contributed by atoms with Crippen LogP contribution < -0.4 is 15.8 Å². The van der Waals surface area contributed by atoms with Crippen molar-refractivity contribution in [3.63, 3.8) is 0 Å². The summed E-state index contributed by atoms with van der Waals surface area (Å²) in [6.45, 7) is 2.12. The molecule has 0 spiro atoms. The molecule has 0 aromatic heterocycles. The summed E-state index contributed by atoms with van der Waals surface area (Å²) in [5, 5.41) is 2.84. The Labute approximate surface area is 143 Å². The van der Waals surface area contributed by atoms with Gasteiger partial charge in [-0.25, -0.2) is 0 Å². The van der Waals surface area contributed by atoms with Crippen LogP contribution in [0.4, 0.5) is 5.69 Å². The van der Waals surface area contributed by atoms with Gasteiger partial charge in [0, 0.05) is 15.7 Å². The highest BCUT2D eigenvalue weighted by molar-refractivity contribution is 9.10. The second kappa shape index (κ2) is 7.78. The zero-order chi connectivity index (χ0) is 16.8. The van der Waals surface area contributed by atoms with E-state index in [1.54, 1.807) is 30.3 Å². The lowest BCUT2D eigenvalue weighted by atomic mass is 10.1.